The molecule has 0 fully saturated rings. The molecule has 0 saturated carbocycles. The summed E-state index contributed by atoms with van der Waals surface area (Å²) in [6.45, 7) is 5.53. The van der Waals surface area contributed by atoms with Crippen LogP contribution in [0.2, 0.25) is 0 Å². The van der Waals surface area contributed by atoms with Gasteiger partial charge in [-0.2, -0.15) is 0 Å². The molecule has 0 aliphatic carbocycles. The van der Waals surface area contributed by atoms with Gasteiger partial charge in [-0.05, 0) is 23.1 Å². The Bertz CT molecular complexity index is 350. The van der Waals surface area contributed by atoms with Crippen molar-refractivity contribution in [2.75, 3.05) is 5.32 Å². The fourth-order valence-electron chi connectivity index (χ4n) is 1.22. The number of amides is 1. The lowest BCUT2D eigenvalue weighted by Crippen LogP contribution is -2.19. The van der Waals surface area contributed by atoms with E-state index in [1.807, 2.05) is 19.9 Å². The van der Waals surface area contributed by atoms with Crippen LogP contribution in [0.25, 0.3) is 0 Å². The summed E-state index contributed by atoms with van der Waals surface area (Å²) in [5.74, 6) is 0.697. The summed E-state index contributed by atoms with van der Waals surface area (Å²) >= 11 is 0. The topological polar surface area (TPSA) is 42.0 Å². The Morgan fingerprint density at radius 3 is 2.57 bits per heavy atom. The van der Waals surface area contributed by atoms with Gasteiger partial charge in [0.1, 0.15) is 13.7 Å². The Labute approximate surface area is 85.3 Å². The molecule has 1 rings (SSSR count). The van der Waals surface area contributed by atoms with E-state index in [0.717, 1.165) is 5.56 Å². The maximum Gasteiger partial charge on any atom is 0.222 e. The molecule has 0 aromatic carbocycles. The highest BCUT2D eigenvalue weighted by Gasteiger charge is 2.05. The Morgan fingerprint density at radius 2 is 2.14 bits per heavy atom. The lowest BCUT2D eigenvalue weighted by Gasteiger charge is -2.10. The van der Waals surface area contributed by atoms with Crippen LogP contribution in [0.15, 0.2) is 12.1 Å². The second kappa shape index (κ2) is 4.27. The van der Waals surface area contributed by atoms with Gasteiger partial charge in [0, 0.05) is 6.92 Å². The molecule has 1 aromatic rings. The van der Waals surface area contributed by atoms with E-state index in [1.54, 1.807) is 6.07 Å². The summed E-state index contributed by atoms with van der Waals surface area (Å²) in [5, 5.41) is 2.58. The van der Waals surface area contributed by atoms with Crippen molar-refractivity contribution in [1.29, 1.82) is 0 Å². The lowest BCUT2D eigenvalue weighted by atomic mass is 9.91. The lowest BCUT2D eigenvalue weighted by molar-refractivity contribution is -0.114. The first-order chi connectivity index (χ1) is 6.50. The number of carbonyl (C=O) groups is 1. The van der Waals surface area contributed by atoms with Crippen molar-refractivity contribution in [2.45, 2.75) is 26.7 Å². The number of carbonyl (C=O) groups excluding carboxylic acids is 1. The Balaban J connectivity index is 2.94. The summed E-state index contributed by atoms with van der Waals surface area (Å²) in [6, 6.07) is 3.64. The number of hydrogen-bond donors (Lipinski definition) is 1. The van der Waals surface area contributed by atoms with Gasteiger partial charge in [0.2, 0.25) is 5.91 Å². The highest BCUT2D eigenvalue weighted by atomic mass is 16.1. The first kappa shape index (κ1) is 10.8. The van der Waals surface area contributed by atoms with Crippen LogP contribution in [-0.2, 0) is 4.79 Å². The molecule has 0 aliphatic rings. The average Bonchev–Trinajstić information content (AvgIpc) is 2.01. The van der Waals surface area contributed by atoms with E-state index in [2.05, 4.69) is 10.3 Å². The summed E-state index contributed by atoms with van der Waals surface area (Å²) < 4.78 is 0. The van der Waals surface area contributed by atoms with Crippen molar-refractivity contribution in [3.8, 4) is 0 Å². The molecule has 3 nitrogen and oxygen atoms in total. The van der Waals surface area contributed by atoms with Gasteiger partial charge < -0.3 is 5.32 Å². The van der Waals surface area contributed by atoms with Gasteiger partial charge in [-0.15, -0.1) is 0 Å². The summed E-state index contributed by atoms with van der Waals surface area (Å²) in [5.41, 5.74) is 1.48. The predicted molar refractivity (Wildman–Crippen MR) is 58.0 cm³/mol. The minimum absolute atomic E-state index is 0.144. The van der Waals surface area contributed by atoms with Crippen LogP contribution in [0.4, 0.5) is 5.82 Å². The minimum atomic E-state index is -0.144. The van der Waals surface area contributed by atoms with E-state index in [1.165, 1.54) is 6.92 Å². The molecule has 0 spiro atoms. The molecule has 1 amide bonds. The second-order valence-electron chi connectivity index (χ2n) is 3.51. The molecule has 0 atom stereocenters. The smallest absolute Gasteiger partial charge is 0.222 e. The molecule has 72 valence electrons. The Morgan fingerprint density at radius 1 is 1.50 bits per heavy atom. The highest BCUT2D eigenvalue weighted by Crippen LogP contribution is 2.12. The van der Waals surface area contributed by atoms with Gasteiger partial charge in [-0.25, -0.2) is 4.98 Å². The van der Waals surface area contributed by atoms with E-state index in [9.17, 15) is 4.79 Å². The van der Waals surface area contributed by atoms with Crippen molar-refractivity contribution < 1.29 is 4.79 Å². The van der Waals surface area contributed by atoms with Crippen molar-refractivity contribution >= 4 is 25.2 Å². The SMILES string of the molecule is [B]c1nc(NC(C)=O)ccc1C(C)C. The number of nitrogens with zero attached hydrogens (tertiary/aromatic N) is 1. The molecule has 0 bridgehead atoms. The largest absolute Gasteiger partial charge is 0.311 e. The molecule has 1 aromatic heterocycles. The van der Waals surface area contributed by atoms with Gasteiger partial charge in [0.05, 0.1) is 0 Å². The molecule has 14 heavy (non-hydrogen) atoms. The van der Waals surface area contributed by atoms with Crippen LogP contribution in [-0.4, -0.2) is 18.7 Å². The molecule has 2 radical (unpaired) electrons. The molecular weight excluding hydrogens is 175 g/mol. The first-order valence-electron chi connectivity index (χ1n) is 4.54. The molecule has 0 aliphatic heterocycles. The monoisotopic (exact) mass is 188 g/mol. The van der Waals surface area contributed by atoms with Crippen molar-refractivity contribution in [1.82, 2.24) is 4.98 Å². The average molecular weight is 188 g/mol. The van der Waals surface area contributed by atoms with Crippen LogP contribution in [0, 0.1) is 0 Å². The zero-order chi connectivity index (χ0) is 10.7. The third-order valence-electron chi connectivity index (χ3n) is 1.88. The number of pyridine rings is 1. The third kappa shape index (κ3) is 2.59. The van der Waals surface area contributed by atoms with E-state index in [-0.39, 0.29) is 5.91 Å². The molecule has 0 unspecified atom stereocenters. The van der Waals surface area contributed by atoms with Crippen molar-refractivity contribution in [2.24, 2.45) is 0 Å². The first-order valence-corrected chi connectivity index (χ1v) is 4.54. The summed E-state index contributed by atoms with van der Waals surface area (Å²) in [6.07, 6.45) is 0. The highest BCUT2D eigenvalue weighted by molar-refractivity contribution is 6.31. The van der Waals surface area contributed by atoms with E-state index in [4.69, 9.17) is 7.85 Å². The van der Waals surface area contributed by atoms with Crippen LogP contribution in [0.1, 0.15) is 32.3 Å². The van der Waals surface area contributed by atoms with Crippen LogP contribution >= 0.6 is 0 Å². The number of anilines is 1. The fourth-order valence-corrected chi connectivity index (χ4v) is 1.22. The number of aromatic nitrogens is 1. The zero-order valence-electron chi connectivity index (χ0n) is 8.66. The summed E-state index contributed by atoms with van der Waals surface area (Å²) in [7, 11) is 5.74. The molecular formula is C10H13BN2O. The molecule has 4 heteroatoms. The Kier molecular flexibility index (Phi) is 3.28. The normalized spacial score (nSPS) is 10.3. The van der Waals surface area contributed by atoms with Crippen molar-refractivity contribution in [3.05, 3.63) is 17.7 Å². The van der Waals surface area contributed by atoms with Gasteiger partial charge in [0.25, 0.3) is 0 Å². The fraction of sp³-hybridized carbons (Fsp3) is 0.400. The number of hydrogen-bond acceptors (Lipinski definition) is 2. The quantitative estimate of drug-likeness (QED) is 0.702. The number of rotatable bonds is 2. The van der Waals surface area contributed by atoms with Crippen LogP contribution < -0.4 is 10.9 Å². The standard InChI is InChI=1S/C10H13BN2O/c1-6(2)8-4-5-9(12-7(3)14)13-10(8)11/h4-6H,1-3H3,(H,12,13,14). The van der Waals surface area contributed by atoms with E-state index >= 15 is 0 Å². The maximum absolute atomic E-state index is 10.8. The maximum atomic E-state index is 10.8. The molecule has 0 saturated heterocycles. The molecule has 1 N–H and O–H groups in total. The van der Waals surface area contributed by atoms with Gasteiger partial charge >= 0.3 is 0 Å². The Hall–Kier alpha value is -1.32. The van der Waals surface area contributed by atoms with Gasteiger partial charge in [0.15, 0.2) is 0 Å². The second-order valence-corrected chi connectivity index (χ2v) is 3.51. The minimum Gasteiger partial charge on any atom is -0.311 e. The predicted octanol–water partition coefficient (Wildman–Crippen LogP) is 0.957. The zero-order valence-corrected chi connectivity index (χ0v) is 8.66. The van der Waals surface area contributed by atoms with E-state index in [0.29, 0.717) is 17.3 Å². The van der Waals surface area contributed by atoms with Gasteiger partial charge in [-0.1, -0.05) is 19.9 Å². The van der Waals surface area contributed by atoms with Crippen LogP contribution in [0.5, 0.6) is 0 Å². The van der Waals surface area contributed by atoms with Gasteiger partial charge in [-0.3, -0.25) is 4.79 Å². The summed E-state index contributed by atoms with van der Waals surface area (Å²) in [4.78, 5) is 14.8. The van der Waals surface area contributed by atoms with Crippen molar-refractivity contribution in [3.63, 3.8) is 0 Å². The third-order valence-corrected chi connectivity index (χ3v) is 1.88. The molecule has 1 heterocycles. The van der Waals surface area contributed by atoms with Crippen LogP contribution in [0.3, 0.4) is 0 Å². The van der Waals surface area contributed by atoms with E-state index < -0.39 is 0 Å². The number of nitrogens with one attached hydrogen (secondary N) is 1.